The van der Waals surface area contributed by atoms with Crippen LogP contribution in [0.25, 0.3) is 0 Å². The van der Waals surface area contributed by atoms with E-state index in [-0.39, 0.29) is 12.1 Å². The molecule has 9 heteroatoms. The number of carbonyl (C=O) groups excluding carboxylic acids is 2. The average molecular weight is 414 g/mol. The third-order valence-electron chi connectivity index (χ3n) is 4.85. The Morgan fingerprint density at radius 3 is 2.50 bits per heavy atom. The number of nitrogens with zero attached hydrogens (tertiary/aromatic N) is 2. The first kappa shape index (κ1) is 21.1. The predicted octanol–water partition coefficient (Wildman–Crippen LogP) is 2.14. The van der Waals surface area contributed by atoms with Crippen LogP contribution >= 0.6 is 0 Å². The van der Waals surface area contributed by atoms with Gasteiger partial charge in [0.25, 0.3) is 5.91 Å². The maximum Gasteiger partial charge on any atom is 0.268 e. The van der Waals surface area contributed by atoms with Gasteiger partial charge in [-0.2, -0.15) is 5.10 Å². The lowest BCUT2D eigenvalue weighted by Crippen LogP contribution is -2.40. The Labute approximate surface area is 173 Å². The van der Waals surface area contributed by atoms with Crippen molar-refractivity contribution >= 4 is 23.2 Å². The molecular weight excluding hydrogens is 391 g/mol. The van der Waals surface area contributed by atoms with Gasteiger partial charge in [0, 0.05) is 18.1 Å². The Morgan fingerprint density at radius 2 is 1.90 bits per heavy atom. The lowest BCUT2D eigenvalue weighted by molar-refractivity contribution is -0.119. The van der Waals surface area contributed by atoms with Gasteiger partial charge in [0.1, 0.15) is 29.1 Å². The molecule has 0 aliphatic carbocycles. The molecule has 0 spiro atoms. The van der Waals surface area contributed by atoms with Crippen molar-refractivity contribution in [3.63, 3.8) is 0 Å². The zero-order valence-electron chi connectivity index (χ0n) is 16.9. The molecule has 2 aromatic rings. The number of hydrogen-bond donors (Lipinski definition) is 2. The summed E-state index contributed by atoms with van der Waals surface area (Å²) in [5, 5.41) is 8.47. The summed E-state index contributed by atoms with van der Waals surface area (Å²) in [5.41, 5.74) is 6.86. The maximum atomic E-state index is 13.2. The van der Waals surface area contributed by atoms with Crippen molar-refractivity contribution in [2.45, 2.75) is 25.4 Å². The van der Waals surface area contributed by atoms with E-state index in [0.29, 0.717) is 17.2 Å². The number of benzene rings is 2. The molecule has 2 amide bonds. The van der Waals surface area contributed by atoms with E-state index in [1.165, 1.54) is 36.4 Å². The van der Waals surface area contributed by atoms with E-state index < -0.39 is 29.7 Å². The van der Waals surface area contributed by atoms with E-state index in [1.54, 1.807) is 32.2 Å². The lowest BCUT2D eigenvalue weighted by atomic mass is 10.1. The number of amides is 2. The fourth-order valence-electron chi connectivity index (χ4n) is 3.23. The first-order chi connectivity index (χ1) is 14.3. The van der Waals surface area contributed by atoms with Crippen LogP contribution in [-0.4, -0.2) is 37.8 Å². The van der Waals surface area contributed by atoms with E-state index in [1.807, 2.05) is 0 Å². The van der Waals surface area contributed by atoms with Crippen LogP contribution in [0.4, 0.5) is 10.1 Å². The van der Waals surface area contributed by atoms with Crippen molar-refractivity contribution in [1.82, 2.24) is 5.32 Å². The Balaban J connectivity index is 1.80. The average Bonchev–Trinajstić information content (AvgIpc) is 3.19. The highest BCUT2D eigenvalue weighted by molar-refractivity contribution is 6.40. The van der Waals surface area contributed by atoms with Crippen LogP contribution in [0.15, 0.2) is 47.6 Å². The van der Waals surface area contributed by atoms with Gasteiger partial charge in [-0.05, 0) is 43.3 Å². The minimum Gasteiger partial charge on any atom is -0.497 e. The van der Waals surface area contributed by atoms with Gasteiger partial charge in [-0.1, -0.05) is 0 Å². The summed E-state index contributed by atoms with van der Waals surface area (Å²) in [5.74, 6) is -0.281. The third kappa shape index (κ3) is 4.35. The highest BCUT2D eigenvalue weighted by atomic mass is 19.1. The Morgan fingerprint density at radius 1 is 1.20 bits per heavy atom. The number of hydrazone groups is 1. The highest BCUT2D eigenvalue weighted by Crippen LogP contribution is 2.30. The topological polar surface area (TPSA) is 106 Å². The van der Waals surface area contributed by atoms with Crippen LogP contribution in [0.3, 0.4) is 0 Å². The van der Waals surface area contributed by atoms with E-state index in [9.17, 15) is 14.0 Å². The Hall–Kier alpha value is -3.62. The molecule has 1 aliphatic heterocycles. The second kappa shape index (κ2) is 8.81. The molecule has 0 aromatic heterocycles. The second-order valence-corrected chi connectivity index (χ2v) is 6.79. The third-order valence-corrected chi connectivity index (χ3v) is 4.85. The molecule has 8 nitrogen and oxygen atoms in total. The van der Waals surface area contributed by atoms with E-state index in [2.05, 4.69) is 10.4 Å². The van der Waals surface area contributed by atoms with Gasteiger partial charge in [-0.25, -0.2) is 4.39 Å². The van der Waals surface area contributed by atoms with Crippen LogP contribution in [0.1, 0.15) is 24.9 Å². The number of carbonyl (C=O) groups is 2. The van der Waals surface area contributed by atoms with Crippen LogP contribution < -0.4 is 25.5 Å². The molecular formula is C21H23FN4O4. The zero-order valence-corrected chi connectivity index (χ0v) is 16.9. The van der Waals surface area contributed by atoms with E-state index >= 15 is 0 Å². The molecule has 0 saturated carbocycles. The van der Waals surface area contributed by atoms with E-state index in [4.69, 9.17) is 15.2 Å². The van der Waals surface area contributed by atoms with Crippen molar-refractivity contribution in [1.29, 1.82) is 0 Å². The van der Waals surface area contributed by atoms with Gasteiger partial charge in [0.15, 0.2) is 0 Å². The van der Waals surface area contributed by atoms with Crippen molar-refractivity contribution in [3.05, 3.63) is 53.8 Å². The standard InChI is InChI=1S/C21H23FN4O4/c1-12(16-9-8-15(29-2)10-19(16)30-3)24-21(28)17-11-18(20(23)27)26(25-17)14-6-4-13(22)5-7-14/h4-10,12,18H,11H2,1-3H3,(H2,23,27)(H,24,28). The Kier molecular flexibility index (Phi) is 6.20. The summed E-state index contributed by atoms with van der Waals surface area (Å²) >= 11 is 0. The Bertz CT molecular complexity index is 977. The number of nitrogens with one attached hydrogen (secondary N) is 1. The smallest absolute Gasteiger partial charge is 0.268 e. The first-order valence-corrected chi connectivity index (χ1v) is 9.28. The molecule has 2 aromatic carbocycles. The predicted molar refractivity (Wildman–Crippen MR) is 110 cm³/mol. The minimum atomic E-state index is -0.831. The fraction of sp³-hybridized carbons (Fsp3) is 0.286. The molecule has 2 unspecified atom stereocenters. The van der Waals surface area contributed by atoms with E-state index in [0.717, 1.165) is 5.56 Å². The first-order valence-electron chi connectivity index (χ1n) is 9.28. The molecule has 158 valence electrons. The molecule has 1 aliphatic rings. The number of nitrogens with two attached hydrogens (primary N) is 1. The number of ether oxygens (including phenoxy) is 2. The normalized spacial score (nSPS) is 16.6. The van der Waals surface area contributed by atoms with Crippen molar-refractivity contribution in [2.24, 2.45) is 10.8 Å². The summed E-state index contributed by atoms with van der Waals surface area (Å²) in [6, 6.07) is 9.52. The van der Waals surface area contributed by atoms with Crippen molar-refractivity contribution in [3.8, 4) is 11.5 Å². The van der Waals surface area contributed by atoms with Gasteiger partial charge >= 0.3 is 0 Å². The van der Waals surface area contributed by atoms with Gasteiger partial charge in [0.05, 0.1) is 25.9 Å². The largest absolute Gasteiger partial charge is 0.497 e. The highest BCUT2D eigenvalue weighted by Gasteiger charge is 2.35. The maximum absolute atomic E-state index is 13.2. The summed E-state index contributed by atoms with van der Waals surface area (Å²) in [4.78, 5) is 24.7. The molecule has 1 heterocycles. The summed E-state index contributed by atoms with van der Waals surface area (Å²) in [6.07, 6.45) is 0.0466. The number of anilines is 1. The van der Waals surface area contributed by atoms with Gasteiger partial charge in [0.2, 0.25) is 5.91 Å². The second-order valence-electron chi connectivity index (χ2n) is 6.79. The summed E-state index contributed by atoms with van der Waals surface area (Å²) in [7, 11) is 3.09. The quantitative estimate of drug-likeness (QED) is 0.722. The number of rotatable bonds is 7. The van der Waals surface area contributed by atoms with Gasteiger partial charge < -0.3 is 20.5 Å². The molecule has 30 heavy (non-hydrogen) atoms. The summed E-state index contributed by atoms with van der Waals surface area (Å²) < 4.78 is 23.8. The van der Waals surface area contributed by atoms with Crippen LogP contribution in [-0.2, 0) is 9.59 Å². The van der Waals surface area contributed by atoms with Crippen LogP contribution in [0.5, 0.6) is 11.5 Å². The molecule has 0 bridgehead atoms. The zero-order chi connectivity index (χ0) is 21.8. The van der Waals surface area contributed by atoms with Crippen LogP contribution in [0, 0.1) is 5.82 Å². The van der Waals surface area contributed by atoms with Crippen molar-refractivity contribution < 1.29 is 23.5 Å². The van der Waals surface area contributed by atoms with Crippen molar-refractivity contribution in [2.75, 3.05) is 19.2 Å². The SMILES string of the molecule is COc1ccc(C(C)NC(=O)C2=NN(c3ccc(F)cc3)C(C(N)=O)C2)c(OC)c1. The molecule has 0 saturated heterocycles. The monoisotopic (exact) mass is 414 g/mol. The molecule has 0 fully saturated rings. The molecule has 2 atom stereocenters. The molecule has 3 rings (SSSR count). The number of methoxy groups -OCH3 is 2. The lowest BCUT2D eigenvalue weighted by Gasteiger charge is -2.20. The molecule has 3 N–H and O–H groups in total. The van der Waals surface area contributed by atoms with Gasteiger partial charge in [-0.3, -0.25) is 14.6 Å². The minimum absolute atomic E-state index is 0.0466. The number of primary amides is 1. The fourth-order valence-corrected chi connectivity index (χ4v) is 3.23. The van der Waals surface area contributed by atoms with Gasteiger partial charge in [-0.15, -0.1) is 0 Å². The number of hydrogen-bond acceptors (Lipinski definition) is 6. The summed E-state index contributed by atoms with van der Waals surface area (Å²) in [6.45, 7) is 1.81. The molecule has 0 radical (unpaired) electrons. The number of halogens is 1. The van der Waals surface area contributed by atoms with Crippen LogP contribution in [0.2, 0.25) is 0 Å².